The van der Waals surface area contributed by atoms with Gasteiger partial charge in [-0.3, -0.25) is 4.79 Å². The number of thiophene rings is 1. The average molecular weight is 388 g/mol. The monoisotopic (exact) mass is 387 g/mol. The molecule has 10 heteroatoms. The Balaban J connectivity index is 1.62. The van der Waals surface area contributed by atoms with Crippen LogP contribution in [0.3, 0.4) is 0 Å². The van der Waals surface area contributed by atoms with Crippen molar-refractivity contribution in [3.8, 4) is 0 Å². The Morgan fingerprint density at radius 2 is 1.92 bits per heavy atom. The first kappa shape index (κ1) is 17.3. The van der Waals surface area contributed by atoms with Gasteiger partial charge in [0.25, 0.3) is 5.91 Å². The molecular formula is C14H14ClN3O4S2. The van der Waals surface area contributed by atoms with Crippen LogP contribution in [0.2, 0.25) is 4.34 Å². The second kappa shape index (κ2) is 6.79. The van der Waals surface area contributed by atoms with Gasteiger partial charge < -0.3 is 10.1 Å². The highest BCUT2D eigenvalue weighted by atomic mass is 35.5. The molecule has 1 aliphatic heterocycles. The number of ether oxygens (including phenoxy) is 1. The number of hydrogen-bond acceptors (Lipinski definition) is 7. The number of carbonyl (C=O) groups excluding carboxylic acids is 1. The molecule has 2 aromatic rings. The van der Waals surface area contributed by atoms with Crippen LogP contribution >= 0.6 is 22.9 Å². The standard InChI is InChI=1S/C14H14ClN3O4S2/c1-24(20,21)9-4-2-8(3-5-9)13-17-18-14(22-13)16-12(19)10-6-7-11(15)23-10/h2-7,13-14,17-18H,1H3,(H,16,19). The molecule has 1 aliphatic rings. The fraction of sp³-hybridized carbons (Fsp3) is 0.214. The molecule has 0 saturated carbocycles. The van der Waals surface area contributed by atoms with Crippen LogP contribution < -0.4 is 16.2 Å². The van der Waals surface area contributed by atoms with Crippen LogP contribution in [-0.4, -0.2) is 26.9 Å². The lowest BCUT2D eigenvalue weighted by Gasteiger charge is -2.13. The Kier molecular flexibility index (Phi) is 4.90. The van der Waals surface area contributed by atoms with Crippen LogP contribution in [0.5, 0.6) is 0 Å². The zero-order valence-corrected chi connectivity index (χ0v) is 14.8. The molecular weight excluding hydrogens is 374 g/mol. The van der Waals surface area contributed by atoms with E-state index in [0.29, 0.717) is 9.21 Å². The molecule has 2 heterocycles. The van der Waals surface area contributed by atoms with Gasteiger partial charge in [0.2, 0.25) is 6.35 Å². The summed E-state index contributed by atoms with van der Waals surface area (Å²) in [5.41, 5.74) is 6.42. The van der Waals surface area contributed by atoms with E-state index < -0.39 is 22.4 Å². The molecule has 2 unspecified atom stereocenters. The molecule has 0 bridgehead atoms. The third kappa shape index (κ3) is 3.94. The molecule has 3 N–H and O–H groups in total. The molecule has 0 radical (unpaired) electrons. The van der Waals surface area contributed by atoms with Crippen molar-refractivity contribution in [1.29, 1.82) is 0 Å². The molecule has 128 valence electrons. The maximum absolute atomic E-state index is 12.0. The fourth-order valence-corrected chi connectivity index (χ4v) is 3.68. The Labute approximate surface area is 147 Å². The van der Waals surface area contributed by atoms with E-state index in [1.807, 2.05) is 0 Å². The minimum atomic E-state index is -3.24. The zero-order valence-electron chi connectivity index (χ0n) is 12.4. The van der Waals surface area contributed by atoms with Crippen molar-refractivity contribution < 1.29 is 17.9 Å². The zero-order chi connectivity index (χ0) is 17.3. The molecule has 7 nitrogen and oxygen atoms in total. The van der Waals surface area contributed by atoms with Crippen LogP contribution in [0.15, 0.2) is 41.3 Å². The highest BCUT2D eigenvalue weighted by Gasteiger charge is 2.27. The Hall–Kier alpha value is -1.49. The average Bonchev–Trinajstić information content (AvgIpc) is 3.16. The van der Waals surface area contributed by atoms with E-state index in [1.54, 1.807) is 24.3 Å². The van der Waals surface area contributed by atoms with Gasteiger partial charge in [0.1, 0.15) is 0 Å². The summed E-state index contributed by atoms with van der Waals surface area (Å²) < 4.78 is 29.1. The second-order valence-corrected chi connectivity index (χ2v) is 8.83. The smallest absolute Gasteiger partial charge is 0.264 e. The largest absolute Gasteiger partial charge is 0.320 e. The fourth-order valence-electron chi connectivity index (χ4n) is 2.10. The lowest BCUT2D eigenvalue weighted by atomic mass is 10.2. The van der Waals surface area contributed by atoms with Crippen LogP contribution in [-0.2, 0) is 14.6 Å². The summed E-state index contributed by atoms with van der Waals surface area (Å²) >= 11 is 6.98. The number of amides is 1. The van der Waals surface area contributed by atoms with E-state index >= 15 is 0 Å². The minimum Gasteiger partial charge on any atom is -0.320 e. The highest BCUT2D eigenvalue weighted by molar-refractivity contribution is 7.90. The van der Waals surface area contributed by atoms with Crippen LogP contribution in [0, 0.1) is 0 Å². The van der Waals surface area contributed by atoms with E-state index in [0.717, 1.165) is 11.8 Å². The van der Waals surface area contributed by atoms with Crippen molar-refractivity contribution in [2.45, 2.75) is 17.5 Å². The van der Waals surface area contributed by atoms with E-state index in [4.69, 9.17) is 16.3 Å². The molecule has 2 atom stereocenters. The molecule has 3 rings (SSSR count). The van der Waals surface area contributed by atoms with Gasteiger partial charge in [-0.2, -0.15) is 0 Å². The predicted molar refractivity (Wildman–Crippen MR) is 90.2 cm³/mol. The lowest BCUT2D eigenvalue weighted by molar-refractivity contribution is 0.0158. The molecule has 1 saturated heterocycles. The van der Waals surface area contributed by atoms with Crippen LogP contribution in [0.25, 0.3) is 0 Å². The van der Waals surface area contributed by atoms with Crippen LogP contribution in [0.1, 0.15) is 21.5 Å². The lowest BCUT2D eigenvalue weighted by Crippen LogP contribution is -2.44. The third-order valence-electron chi connectivity index (χ3n) is 3.29. The van der Waals surface area contributed by atoms with Gasteiger partial charge in [-0.15, -0.1) is 11.3 Å². The second-order valence-electron chi connectivity index (χ2n) is 5.10. The SMILES string of the molecule is CS(=O)(=O)c1ccc(C2NNC(NC(=O)c3ccc(Cl)s3)O2)cc1. The van der Waals surface area contributed by atoms with Gasteiger partial charge in [0, 0.05) is 6.26 Å². The molecule has 1 aromatic heterocycles. The summed E-state index contributed by atoms with van der Waals surface area (Å²) in [6.07, 6.45) is -0.0928. The Bertz CT molecular complexity index is 851. The predicted octanol–water partition coefficient (Wildman–Crippen LogP) is 1.64. The molecule has 1 amide bonds. The first-order valence-corrected chi connectivity index (χ1v) is 9.94. The maximum Gasteiger partial charge on any atom is 0.264 e. The third-order valence-corrected chi connectivity index (χ3v) is 5.65. The van der Waals surface area contributed by atoms with Gasteiger partial charge >= 0.3 is 0 Å². The van der Waals surface area contributed by atoms with Gasteiger partial charge in [-0.05, 0) is 29.8 Å². The van der Waals surface area contributed by atoms with Crippen LogP contribution in [0.4, 0.5) is 0 Å². The van der Waals surface area contributed by atoms with Crippen molar-refractivity contribution >= 4 is 38.7 Å². The summed E-state index contributed by atoms with van der Waals surface area (Å²) in [5, 5.41) is 2.66. The first-order chi connectivity index (χ1) is 11.3. The molecule has 0 spiro atoms. The van der Waals surface area contributed by atoms with Gasteiger partial charge in [-0.25, -0.2) is 19.3 Å². The first-order valence-electron chi connectivity index (χ1n) is 6.86. The number of sulfone groups is 1. The minimum absolute atomic E-state index is 0.233. The normalized spacial score (nSPS) is 20.9. The number of halogens is 1. The molecule has 0 aliphatic carbocycles. The van der Waals surface area contributed by atoms with E-state index in [9.17, 15) is 13.2 Å². The van der Waals surface area contributed by atoms with Gasteiger partial charge in [0.15, 0.2) is 16.1 Å². The molecule has 1 fully saturated rings. The quantitative estimate of drug-likeness (QED) is 0.738. The maximum atomic E-state index is 12.0. The van der Waals surface area contributed by atoms with Crippen molar-refractivity contribution in [3.05, 3.63) is 51.2 Å². The summed E-state index contributed by atoms with van der Waals surface area (Å²) in [4.78, 5) is 12.7. The summed E-state index contributed by atoms with van der Waals surface area (Å²) in [7, 11) is -3.24. The number of hydrogen-bond donors (Lipinski definition) is 3. The molecule has 1 aromatic carbocycles. The summed E-state index contributed by atoms with van der Waals surface area (Å²) in [6, 6.07) is 9.60. The molecule has 24 heavy (non-hydrogen) atoms. The Morgan fingerprint density at radius 1 is 1.21 bits per heavy atom. The number of rotatable bonds is 4. The highest BCUT2D eigenvalue weighted by Crippen LogP contribution is 2.23. The van der Waals surface area contributed by atoms with E-state index in [-0.39, 0.29) is 10.8 Å². The number of carbonyl (C=O) groups is 1. The number of hydrazine groups is 1. The summed E-state index contributed by atoms with van der Waals surface area (Å²) in [6.45, 7) is 0. The van der Waals surface area contributed by atoms with Gasteiger partial charge in [-0.1, -0.05) is 23.7 Å². The summed E-state index contributed by atoms with van der Waals surface area (Å²) in [5.74, 6) is -0.306. The van der Waals surface area contributed by atoms with Crippen molar-refractivity contribution in [3.63, 3.8) is 0 Å². The number of benzene rings is 1. The topological polar surface area (TPSA) is 96.5 Å². The van der Waals surface area contributed by atoms with Crippen molar-refractivity contribution in [2.24, 2.45) is 0 Å². The Morgan fingerprint density at radius 3 is 2.50 bits per heavy atom. The van der Waals surface area contributed by atoms with E-state index in [1.165, 1.54) is 23.5 Å². The van der Waals surface area contributed by atoms with Gasteiger partial charge in [0.05, 0.1) is 14.1 Å². The van der Waals surface area contributed by atoms with Crippen molar-refractivity contribution in [2.75, 3.05) is 6.26 Å². The van der Waals surface area contributed by atoms with Crippen molar-refractivity contribution in [1.82, 2.24) is 16.2 Å². The number of nitrogens with one attached hydrogen (secondary N) is 3. The van der Waals surface area contributed by atoms with E-state index in [2.05, 4.69) is 16.2 Å².